The highest BCUT2D eigenvalue weighted by molar-refractivity contribution is 6.30. The highest BCUT2D eigenvalue weighted by atomic mass is 35.5. The van der Waals surface area contributed by atoms with Gasteiger partial charge in [0, 0.05) is 43.7 Å². The summed E-state index contributed by atoms with van der Waals surface area (Å²) >= 11 is 5.84. The smallest absolute Gasteiger partial charge is 0.251 e. The fourth-order valence-corrected chi connectivity index (χ4v) is 3.67. The molecule has 0 radical (unpaired) electrons. The first-order valence-corrected chi connectivity index (χ1v) is 9.66. The minimum Gasteiger partial charge on any atom is -0.388 e. The minimum atomic E-state index is -0.770. The monoisotopic (exact) mass is 395 g/mol. The summed E-state index contributed by atoms with van der Waals surface area (Å²) in [5.74, 6) is -0.161. The topological polar surface area (TPSA) is 82.1 Å². The number of ether oxygens (including phenoxy) is 1. The second-order valence-electron chi connectivity index (χ2n) is 7.11. The Labute approximate surface area is 164 Å². The van der Waals surface area contributed by atoms with Gasteiger partial charge in [0.15, 0.2) is 0 Å². The number of nitrogens with zero attached hydrogens (tertiary/aromatic N) is 2. The number of amides is 2. The van der Waals surface area contributed by atoms with Gasteiger partial charge < -0.3 is 20.1 Å². The van der Waals surface area contributed by atoms with Gasteiger partial charge in [-0.15, -0.1) is 0 Å². The fraction of sp³-hybridized carbons (Fsp3) is 0.579. The van der Waals surface area contributed by atoms with Crippen molar-refractivity contribution in [3.63, 3.8) is 0 Å². The number of carbonyl (C=O) groups excluding carboxylic acids is 2. The van der Waals surface area contributed by atoms with E-state index in [0.29, 0.717) is 23.7 Å². The zero-order valence-corrected chi connectivity index (χ0v) is 16.2. The maximum Gasteiger partial charge on any atom is 0.251 e. The van der Waals surface area contributed by atoms with Gasteiger partial charge in [-0.05, 0) is 37.2 Å². The number of aliphatic hydroxyl groups excluding tert-OH is 1. The van der Waals surface area contributed by atoms with Crippen LogP contribution in [0.25, 0.3) is 0 Å². The molecule has 3 atom stereocenters. The number of nitrogens with one attached hydrogen (secondary N) is 1. The van der Waals surface area contributed by atoms with Gasteiger partial charge in [0.25, 0.3) is 5.91 Å². The van der Waals surface area contributed by atoms with Crippen molar-refractivity contribution in [1.29, 1.82) is 0 Å². The molecule has 8 heteroatoms. The minimum absolute atomic E-state index is 0.0963. The molecule has 27 heavy (non-hydrogen) atoms. The van der Waals surface area contributed by atoms with Crippen LogP contribution in [-0.4, -0.2) is 84.3 Å². The molecule has 2 aliphatic rings. The van der Waals surface area contributed by atoms with Crippen molar-refractivity contribution < 1.29 is 19.4 Å². The molecule has 7 nitrogen and oxygen atoms in total. The molecule has 0 spiro atoms. The molecule has 2 saturated heterocycles. The molecule has 0 bridgehead atoms. The molecule has 2 fully saturated rings. The summed E-state index contributed by atoms with van der Waals surface area (Å²) < 4.78 is 5.74. The third kappa shape index (κ3) is 5.19. The molecule has 0 aromatic heterocycles. The molecule has 2 aliphatic heterocycles. The van der Waals surface area contributed by atoms with E-state index in [-0.39, 0.29) is 24.5 Å². The zero-order chi connectivity index (χ0) is 19.4. The summed E-state index contributed by atoms with van der Waals surface area (Å²) in [6.07, 6.45) is -0.225. The highest BCUT2D eigenvalue weighted by Crippen LogP contribution is 2.18. The molecule has 2 amide bonds. The van der Waals surface area contributed by atoms with Crippen LogP contribution in [0.2, 0.25) is 5.02 Å². The Bertz CT molecular complexity index is 669. The largest absolute Gasteiger partial charge is 0.388 e. The van der Waals surface area contributed by atoms with Crippen molar-refractivity contribution in [1.82, 2.24) is 15.1 Å². The maximum atomic E-state index is 12.3. The zero-order valence-electron chi connectivity index (χ0n) is 15.4. The summed E-state index contributed by atoms with van der Waals surface area (Å²) in [5.41, 5.74) is 0.492. The molecule has 2 heterocycles. The van der Waals surface area contributed by atoms with Crippen LogP contribution in [0.3, 0.4) is 0 Å². The van der Waals surface area contributed by atoms with Crippen molar-refractivity contribution in [2.45, 2.75) is 31.6 Å². The third-order valence-electron chi connectivity index (χ3n) is 5.18. The van der Waals surface area contributed by atoms with Gasteiger partial charge in [-0.2, -0.15) is 0 Å². The number of benzene rings is 1. The average Bonchev–Trinajstić information content (AvgIpc) is 2.85. The molecule has 148 valence electrons. The van der Waals surface area contributed by atoms with Crippen LogP contribution in [-0.2, 0) is 9.53 Å². The number of hydrogen-bond acceptors (Lipinski definition) is 5. The van der Waals surface area contributed by atoms with E-state index in [4.69, 9.17) is 16.3 Å². The lowest BCUT2D eigenvalue weighted by Gasteiger charge is -2.26. The number of carbonyl (C=O) groups is 2. The van der Waals surface area contributed by atoms with Crippen molar-refractivity contribution in [3.05, 3.63) is 34.9 Å². The molecule has 0 saturated carbocycles. The van der Waals surface area contributed by atoms with E-state index >= 15 is 0 Å². The summed E-state index contributed by atoms with van der Waals surface area (Å²) in [7, 11) is 0. The number of hydrogen-bond donors (Lipinski definition) is 2. The van der Waals surface area contributed by atoms with Gasteiger partial charge in [-0.1, -0.05) is 11.6 Å². The summed E-state index contributed by atoms with van der Waals surface area (Å²) in [5, 5.41) is 14.0. The Morgan fingerprint density at radius 2 is 1.96 bits per heavy atom. The molecular formula is C19H26ClN3O4. The first-order chi connectivity index (χ1) is 12.9. The van der Waals surface area contributed by atoms with E-state index in [1.54, 1.807) is 31.2 Å². The number of halogens is 1. The van der Waals surface area contributed by atoms with Crippen LogP contribution in [0.1, 0.15) is 23.7 Å². The standard InChI is InChI=1S/C19H26ClN3O4/c1-13(24)23-8-2-7-22(9-10-23)11-17-18(25)16(12-27-17)21-19(26)14-3-5-15(20)6-4-14/h3-6,16-18,25H,2,7-12H2,1H3,(H,21,26). The molecule has 3 unspecified atom stereocenters. The van der Waals surface area contributed by atoms with Gasteiger partial charge >= 0.3 is 0 Å². The SMILES string of the molecule is CC(=O)N1CCCN(CC2OCC(NC(=O)c3ccc(Cl)cc3)C2O)CC1. The van der Waals surface area contributed by atoms with Crippen LogP contribution in [0.5, 0.6) is 0 Å². The normalized spacial score (nSPS) is 26.6. The molecule has 3 rings (SSSR count). The molecular weight excluding hydrogens is 370 g/mol. The Kier molecular flexibility index (Phi) is 6.70. The lowest BCUT2D eigenvalue weighted by molar-refractivity contribution is -0.128. The van der Waals surface area contributed by atoms with Crippen LogP contribution in [0, 0.1) is 0 Å². The molecule has 2 N–H and O–H groups in total. The van der Waals surface area contributed by atoms with Gasteiger partial charge in [-0.3, -0.25) is 14.5 Å². The summed E-state index contributed by atoms with van der Waals surface area (Å²) in [4.78, 5) is 27.9. The first-order valence-electron chi connectivity index (χ1n) is 9.28. The van der Waals surface area contributed by atoms with Gasteiger partial charge in [0.2, 0.25) is 5.91 Å². The molecule has 1 aromatic rings. The Hall–Kier alpha value is -1.67. The Morgan fingerprint density at radius 3 is 2.67 bits per heavy atom. The van der Waals surface area contributed by atoms with Gasteiger partial charge in [0.05, 0.1) is 18.8 Å². The Balaban J connectivity index is 1.50. The summed E-state index contributed by atoms with van der Waals surface area (Å²) in [6.45, 7) is 5.52. The van der Waals surface area contributed by atoms with Gasteiger partial charge in [0.1, 0.15) is 6.10 Å². The second kappa shape index (κ2) is 9.01. The second-order valence-corrected chi connectivity index (χ2v) is 7.55. The van der Waals surface area contributed by atoms with Crippen molar-refractivity contribution in [2.75, 3.05) is 39.3 Å². The van der Waals surface area contributed by atoms with Crippen molar-refractivity contribution in [2.24, 2.45) is 0 Å². The van der Waals surface area contributed by atoms with E-state index in [1.807, 2.05) is 4.90 Å². The van der Waals surface area contributed by atoms with Crippen LogP contribution < -0.4 is 5.32 Å². The number of rotatable bonds is 4. The average molecular weight is 396 g/mol. The predicted molar refractivity (Wildman–Crippen MR) is 102 cm³/mol. The fourth-order valence-electron chi connectivity index (χ4n) is 3.55. The van der Waals surface area contributed by atoms with Crippen LogP contribution in [0.15, 0.2) is 24.3 Å². The van der Waals surface area contributed by atoms with Crippen molar-refractivity contribution >= 4 is 23.4 Å². The van der Waals surface area contributed by atoms with E-state index < -0.39 is 12.1 Å². The van der Waals surface area contributed by atoms with E-state index in [2.05, 4.69) is 10.2 Å². The van der Waals surface area contributed by atoms with E-state index in [9.17, 15) is 14.7 Å². The lowest BCUT2D eigenvalue weighted by atomic mass is 10.1. The predicted octanol–water partition coefficient (Wildman–Crippen LogP) is 0.752. The van der Waals surface area contributed by atoms with Gasteiger partial charge in [-0.25, -0.2) is 0 Å². The molecule has 1 aromatic carbocycles. The van der Waals surface area contributed by atoms with E-state index in [0.717, 1.165) is 26.1 Å². The molecule has 0 aliphatic carbocycles. The van der Waals surface area contributed by atoms with E-state index in [1.165, 1.54) is 0 Å². The van der Waals surface area contributed by atoms with Crippen molar-refractivity contribution in [3.8, 4) is 0 Å². The highest BCUT2D eigenvalue weighted by Gasteiger charge is 2.38. The number of aliphatic hydroxyl groups is 1. The first kappa shape index (κ1) is 20.1. The maximum absolute atomic E-state index is 12.3. The Morgan fingerprint density at radius 1 is 1.22 bits per heavy atom. The van der Waals surface area contributed by atoms with Crippen LogP contribution >= 0.6 is 11.6 Å². The lowest BCUT2D eigenvalue weighted by Crippen LogP contribution is -2.47. The quantitative estimate of drug-likeness (QED) is 0.786. The third-order valence-corrected chi connectivity index (χ3v) is 5.43. The summed E-state index contributed by atoms with van der Waals surface area (Å²) in [6, 6.07) is 6.17. The van der Waals surface area contributed by atoms with Crippen LogP contribution in [0.4, 0.5) is 0 Å².